The number of hydrogen-bond donors (Lipinski definition) is 0. The van der Waals surface area contributed by atoms with Gasteiger partial charge in [-0.25, -0.2) is 9.97 Å². The average molecular weight is 360 g/mol. The molecule has 138 valence electrons. The predicted molar refractivity (Wildman–Crippen MR) is 107 cm³/mol. The number of hydrogen-bond acceptors (Lipinski definition) is 4. The Morgan fingerprint density at radius 1 is 0.889 bits per heavy atom. The Labute approximate surface area is 160 Å². The van der Waals surface area contributed by atoms with Crippen LogP contribution >= 0.6 is 0 Å². The lowest BCUT2D eigenvalue weighted by Gasteiger charge is -2.22. The van der Waals surface area contributed by atoms with Crippen LogP contribution in [0.3, 0.4) is 0 Å². The number of carbonyl (C=O) groups excluding carboxylic acids is 1. The maximum absolute atomic E-state index is 12.9. The first-order valence-electron chi connectivity index (χ1n) is 9.07. The number of nitrogens with zero attached hydrogens (tertiary/aromatic N) is 4. The maximum atomic E-state index is 12.9. The van der Waals surface area contributed by atoms with Crippen molar-refractivity contribution < 1.29 is 4.79 Å². The van der Waals surface area contributed by atoms with Gasteiger partial charge in [-0.3, -0.25) is 4.79 Å². The summed E-state index contributed by atoms with van der Waals surface area (Å²) in [6, 6.07) is 21.9. The van der Waals surface area contributed by atoms with E-state index in [1.54, 1.807) is 11.0 Å². The summed E-state index contributed by atoms with van der Waals surface area (Å²) < 4.78 is 0. The molecule has 0 saturated heterocycles. The second kappa shape index (κ2) is 8.94. The van der Waals surface area contributed by atoms with Crippen LogP contribution in [0.4, 0.5) is 5.82 Å². The van der Waals surface area contributed by atoms with Crippen LogP contribution < -0.4 is 4.90 Å². The molecule has 0 aliphatic heterocycles. The first-order chi connectivity index (χ1) is 13.2. The van der Waals surface area contributed by atoms with E-state index >= 15 is 0 Å². The molecule has 5 nitrogen and oxygen atoms in total. The molecule has 0 aliphatic rings. The van der Waals surface area contributed by atoms with Gasteiger partial charge < -0.3 is 9.80 Å². The molecule has 0 radical (unpaired) electrons. The van der Waals surface area contributed by atoms with Crippen LogP contribution in [0.25, 0.3) is 0 Å². The van der Waals surface area contributed by atoms with E-state index in [4.69, 9.17) is 0 Å². The van der Waals surface area contributed by atoms with Gasteiger partial charge in [0.05, 0.1) is 0 Å². The Balaban J connectivity index is 1.74. The van der Waals surface area contributed by atoms with E-state index in [0.717, 1.165) is 11.4 Å². The van der Waals surface area contributed by atoms with Gasteiger partial charge in [-0.1, -0.05) is 60.7 Å². The van der Waals surface area contributed by atoms with E-state index in [0.29, 0.717) is 25.3 Å². The maximum Gasteiger partial charge on any atom is 0.272 e. The van der Waals surface area contributed by atoms with Crippen LogP contribution in [0.2, 0.25) is 0 Å². The first-order valence-corrected chi connectivity index (χ1v) is 9.07. The van der Waals surface area contributed by atoms with Crippen molar-refractivity contribution in [1.82, 2.24) is 14.9 Å². The zero-order valence-electron chi connectivity index (χ0n) is 15.7. The van der Waals surface area contributed by atoms with Gasteiger partial charge >= 0.3 is 0 Å². The topological polar surface area (TPSA) is 49.3 Å². The minimum absolute atomic E-state index is 0.0851. The highest BCUT2D eigenvalue weighted by molar-refractivity contribution is 5.92. The zero-order valence-corrected chi connectivity index (χ0v) is 15.7. The summed E-state index contributed by atoms with van der Waals surface area (Å²) in [5.41, 5.74) is 2.70. The fourth-order valence-corrected chi connectivity index (χ4v) is 2.90. The van der Waals surface area contributed by atoms with Crippen LogP contribution in [-0.4, -0.2) is 34.4 Å². The highest BCUT2D eigenvalue weighted by Crippen LogP contribution is 2.15. The molecular formula is C22H24N4O. The largest absolute Gasteiger partial charge is 0.355 e. The van der Waals surface area contributed by atoms with Gasteiger partial charge in [-0.15, -0.1) is 0 Å². The van der Waals surface area contributed by atoms with Crippen molar-refractivity contribution in [2.75, 3.05) is 18.5 Å². The Morgan fingerprint density at radius 2 is 1.48 bits per heavy atom. The van der Waals surface area contributed by atoms with Crippen molar-refractivity contribution in [2.24, 2.45) is 0 Å². The molecule has 0 atom stereocenters. The van der Waals surface area contributed by atoms with Crippen LogP contribution in [-0.2, 0) is 13.1 Å². The summed E-state index contributed by atoms with van der Waals surface area (Å²) >= 11 is 0. The number of rotatable bonds is 7. The van der Waals surface area contributed by atoms with Gasteiger partial charge in [-0.05, 0) is 18.1 Å². The third-order valence-corrected chi connectivity index (χ3v) is 4.41. The van der Waals surface area contributed by atoms with Crippen LogP contribution in [0.1, 0.15) is 28.5 Å². The molecule has 0 unspecified atom stereocenters. The summed E-state index contributed by atoms with van der Waals surface area (Å²) in [6.07, 6.45) is 1.46. The molecule has 1 aromatic heterocycles. The number of amides is 1. The highest BCUT2D eigenvalue weighted by Gasteiger charge is 2.17. The Morgan fingerprint density at radius 3 is 2.07 bits per heavy atom. The van der Waals surface area contributed by atoms with E-state index in [-0.39, 0.29) is 5.91 Å². The summed E-state index contributed by atoms with van der Waals surface area (Å²) in [4.78, 5) is 25.3. The Kier molecular flexibility index (Phi) is 6.15. The lowest BCUT2D eigenvalue weighted by molar-refractivity contribution is 0.0746. The molecule has 1 amide bonds. The summed E-state index contributed by atoms with van der Waals surface area (Å²) in [5, 5.41) is 0. The van der Waals surface area contributed by atoms with Crippen LogP contribution in [0.5, 0.6) is 0 Å². The number of carbonyl (C=O) groups is 1. The molecule has 0 N–H and O–H groups in total. The van der Waals surface area contributed by atoms with Crippen molar-refractivity contribution >= 4 is 11.7 Å². The predicted octanol–water partition coefficient (Wildman–Crippen LogP) is 3.78. The SMILES string of the molecule is CCN(Cc1ccccc1)C(=O)c1cc(N(C)Cc2ccccc2)ncn1. The molecule has 27 heavy (non-hydrogen) atoms. The van der Waals surface area contributed by atoms with E-state index in [1.165, 1.54) is 11.9 Å². The fourth-order valence-electron chi connectivity index (χ4n) is 2.90. The average Bonchev–Trinajstić information content (AvgIpc) is 2.73. The van der Waals surface area contributed by atoms with Gasteiger partial charge in [0.2, 0.25) is 0 Å². The van der Waals surface area contributed by atoms with Gasteiger partial charge in [0.25, 0.3) is 5.91 Å². The fraction of sp³-hybridized carbons (Fsp3) is 0.227. The standard InChI is InChI=1S/C22H24N4O/c1-3-26(16-19-12-8-5-9-13-19)22(27)20-14-21(24-17-23-20)25(2)15-18-10-6-4-7-11-18/h4-14,17H,3,15-16H2,1-2H3. The normalized spacial score (nSPS) is 10.4. The van der Waals surface area contributed by atoms with Gasteiger partial charge in [0.15, 0.2) is 0 Å². The minimum atomic E-state index is -0.0851. The molecule has 0 aliphatic carbocycles. The van der Waals surface area contributed by atoms with Crippen molar-refractivity contribution in [3.63, 3.8) is 0 Å². The summed E-state index contributed by atoms with van der Waals surface area (Å²) in [6.45, 7) is 3.87. The van der Waals surface area contributed by atoms with Gasteiger partial charge in [0, 0.05) is 32.7 Å². The molecule has 3 aromatic rings. The third-order valence-electron chi connectivity index (χ3n) is 4.41. The molecule has 1 heterocycles. The molecule has 5 heteroatoms. The van der Waals surface area contributed by atoms with Crippen molar-refractivity contribution in [2.45, 2.75) is 20.0 Å². The minimum Gasteiger partial charge on any atom is -0.355 e. The lowest BCUT2D eigenvalue weighted by atomic mass is 10.2. The van der Waals surface area contributed by atoms with E-state index in [2.05, 4.69) is 22.1 Å². The van der Waals surface area contributed by atoms with Gasteiger partial charge in [0.1, 0.15) is 17.8 Å². The van der Waals surface area contributed by atoms with E-state index in [1.807, 2.05) is 67.4 Å². The van der Waals surface area contributed by atoms with Crippen molar-refractivity contribution in [3.05, 3.63) is 89.9 Å². The molecule has 0 fully saturated rings. The summed E-state index contributed by atoms with van der Waals surface area (Å²) in [7, 11) is 1.96. The van der Waals surface area contributed by atoms with Crippen molar-refractivity contribution in [3.8, 4) is 0 Å². The zero-order chi connectivity index (χ0) is 19.1. The van der Waals surface area contributed by atoms with Crippen LogP contribution in [0, 0.1) is 0 Å². The lowest BCUT2D eigenvalue weighted by Crippen LogP contribution is -2.31. The van der Waals surface area contributed by atoms with Crippen molar-refractivity contribution in [1.29, 1.82) is 0 Å². The highest BCUT2D eigenvalue weighted by atomic mass is 16.2. The van der Waals surface area contributed by atoms with Gasteiger partial charge in [-0.2, -0.15) is 0 Å². The Bertz CT molecular complexity index is 868. The second-order valence-corrected chi connectivity index (χ2v) is 6.41. The van der Waals surface area contributed by atoms with E-state index < -0.39 is 0 Å². The summed E-state index contributed by atoms with van der Waals surface area (Å²) in [5.74, 6) is 0.645. The molecule has 3 rings (SSSR count). The first kappa shape index (κ1) is 18.6. The third kappa shape index (κ3) is 4.91. The number of benzene rings is 2. The molecule has 0 saturated carbocycles. The number of anilines is 1. The Hall–Kier alpha value is -3.21. The monoisotopic (exact) mass is 360 g/mol. The number of aromatic nitrogens is 2. The quantitative estimate of drug-likeness (QED) is 0.643. The smallest absolute Gasteiger partial charge is 0.272 e. The van der Waals surface area contributed by atoms with Crippen LogP contribution in [0.15, 0.2) is 73.1 Å². The second-order valence-electron chi connectivity index (χ2n) is 6.41. The molecule has 0 spiro atoms. The molecular weight excluding hydrogens is 336 g/mol. The molecule has 2 aromatic carbocycles. The van der Waals surface area contributed by atoms with E-state index in [9.17, 15) is 4.79 Å². The molecule has 0 bridgehead atoms.